The van der Waals surface area contributed by atoms with Gasteiger partial charge in [-0.3, -0.25) is 0 Å². The summed E-state index contributed by atoms with van der Waals surface area (Å²) in [6, 6.07) is 3.99. The molecule has 0 spiro atoms. The van der Waals surface area contributed by atoms with E-state index < -0.39 is 5.97 Å². The monoisotopic (exact) mass is 192 g/mol. The van der Waals surface area contributed by atoms with Crippen molar-refractivity contribution in [2.45, 2.75) is 6.54 Å². The molecule has 5 nitrogen and oxygen atoms in total. The molecule has 0 aromatic heterocycles. The fourth-order valence-electron chi connectivity index (χ4n) is 1.07. The SMILES string of the molecule is N#Cc1cc(O)c(CN)cc1C(=O)O. The molecule has 1 aromatic rings. The van der Waals surface area contributed by atoms with Crippen molar-refractivity contribution < 1.29 is 15.0 Å². The van der Waals surface area contributed by atoms with Gasteiger partial charge in [0, 0.05) is 12.1 Å². The maximum absolute atomic E-state index is 10.7. The number of carbonyl (C=O) groups is 1. The lowest BCUT2D eigenvalue weighted by Gasteiger charge is -2.04. The van der Waals surface area contributed by atoms with Gasteiger partial charge in [0.15, 0.2) is 0 Å². The van der Waals surface area contributed by atoms with Gasteiger partial charge >= 0.3 is 5.97 Å². The summed E-state index contributed by atoms with van der Waals surface area (Å²) in [4.78, 5) is 10.7. The van der Waals surface area contributed by atoms with E-state index in [-0.39, 0.29) is 23.4 Å². The summed E-state index contributed by atoms with van der Waals surface area (Å²) in [5.41, 5.74) is 5.36. The average molecular weight is 192 g/mol. The van der Waals surface area contributed by atoms with Crippen LogP contribution in [0, 0.1) is 11.3 Å². The van der Waals surface area contributed by atoms with Crippen molar-refractivity contribution >= 4 is 5.97 Å². The molecule has 0 bridgehead atoms. The smallest absolute Gasteiger partial charge is 0.337 e. The second kappa shape index (κ2) is 3.77. The van der Waals surface area contributed by atoms with Crippen molar-refractivity contribution in [3.8, 4) is 11.8 Å². The van der Waals surface area contributed by atoms with Crippen LogP contribution in [0.4, 0.5) is 0 Å². The number of carboxylic acids is 1. The molecule has 0 heterocycles. The summed E-state index contributed by atoms with van der Waals surface area (Å²) in [5.74, 6) is -1.37. The molecule has 14 heavy (non-hydrogen) atoms. The standard InChI is InChI=1S/C9H8N2O3/c10-3-5-2-8(12)6(4-11)1-7(5)9(13)14/h1-2,12H,4,11H2,(H,13,14). The number of benzene rings is 1. The van der Waals surface area contributed by atoms with Crippen LogP contribution in [-0.2, 0) is 6.54 Å². The summed E-state index contributed by atoms with van der Waals surface area (Å²) < 4.78 is 0. The maximum atomic E-state index is 10.7. The molecule has 0 radical (unpaired) electrons. The maximum Gasteiger partial charge on any atom is 0.337 e. The highest BCUT2D eigenvalue weighted by molar-refractivity contribution is 5.91. The predicted octanol–water partition coefficient (Wildman–Crippen LogP) is 0.421. The highest BCUT2D eigenvalue weighted by atomic mass is 16.4. The molecule has 0 fully saturated rings. The normalized spacial score (nSPS) is 9.43. The summed E-state index contributed by atoms with van der Waals surface area (Å²) in [6.07, 6.45) is 0. The summed E-state index contributed by atoms with van der Waals surface area (Å²) >= 11 is 0. The molecule has 0 aliphatic rings. The van der Waals surface area contributed by atoms with Crippen molar-refractivity contribution in [2.24, 2.45) is 5.73 Å². The van der Waals surface area contributed by atoms with Crippen LogP contribution >= 0.6 is 0 Å². The van der Waals surface area contributed by atoms with E-state index in [1.54, 1.807) is 6.07 Å². The van der Waals surface area contributed by atoms with E-state index in [1.807, 2.05) is 0 Å². The van der Waals surface area contributed by atoms with Crippen molar-refractivity contribution in [1.29, 1.82) is 5.26 Å². The van der Waals surface area contributed by atoms with Crippen molar-refractivity contribution in [1.82, 2.24) is 0 Å². The quantitative estimate of drug-likeness (QED) is 0.629. The molecular weight excluding hydrogens is 184 g/mol. The van der Waals surface area contributed by atoms with E-state index in [9.17, 15) is 9.90 Å². The Morgan fingerprint density at radius 1 is 1.57 bits per heavy atom. The van der Waals surface area contributed by atoms with Gasteiger partial charge in [0.1, 0.15) is 11.8 Å². The lowest BCUT2D eigenvalue weighted by Crippen LogP contribution is -2.04. The number of phenolic OH excluding ortho intramolecular Hbond substituents is 1. The lowest BCUT2D eigenvalue weighted by atomic mass is 10.0. The number of phenols is 1. The molecule has 0 aliphatic carbocycles. The molecule has 4 N–H and O–H groups in total. The minimum absolute atomic E-state index is 0.0256. The van der Waals surface area contributed by atoms with Gasteiger partial charge in [-0.05, 0) is 12.1 Å². The lowest BCUT2D eigenvalue weighted by molar-refractivity contribution is 0.0696. The molecule has 0 unspecified atom stereocenters. The number of nitriles is 1. The van der Waals surface area contributed by atoms with Crippen molar-refractivity contribution in [3.63, 3.8) is 0 Å². The zero-order valence-electron chi connectivity index (χ0n) is 7.19. The molecule has 0 atom stereocenters. The molecule has 1 aromatic carbocycles. The fourth-order valence-corrected chi connectivity index (χ4v) is 1.07. The van der Waals surface area contributed by atoms with Crippen molar-refractivity contribution in [3.05, 3.63) is 28.8 Å². The summed E-state index contributed by atoms with van der Waals surface area (Å²) in [6.45, 7) is 0.0256. The van der Waals surface area contributed by atoms with E-state index in [0.29, 0.717) is 5.56 Å². The number of hydrogen-bond donors (Lipinski definition) is 3. The van der Waals surface area contributed by atoms with Crippen LogP contribution in [0.25, 0.3) is 0 Å². The summed E-state index contributed by atoms with van der Waals surface area (Å²) in [5, 5.41) is 26.6. The van der Waals surface area contributed by atoms with Crippen LogP contribution in [0.1, 0.15) is 21.5 Å². The first-order valence-electron chi connectivity index (χ1n) is 3.79. The van der Waals surface area contributed by atoms with Gasteiger partial charge < -0.3 is 15.9 Å². The Morgan fingerprint density at radius 2 is 2.21 bits per heavy atom. The van der Waals surface area contributed by atoms with Crippen LogP contribution in [0.5, 0.6) is 5.75 Å². The largest absolute Gasteiger partial charge is 0.508 e. The first-order chi connectivity index (χ1) is 6.60. The van der Waals surface area contributed by atoms with Gasteiger partial charge in [-0.15, -0.1) is 0 Å². The minimum Gasteiger partial charge on any atom is -0.508 e. The summed E-state index contributed by atoms with van der Waals surface area (Å²) in [7, 11) is 0. The van der Waals surface area contributed by atoms with Gasteiger partial charge in [-0.2, -0.15) is 5.26 Å². The van der Waals surface area contributed by atoms with Gasteiger partial charge in [0.05, 0.1) is 11.1 Å². The third-order valence-corrected chi connectivity index (χ3v) is 1.79. The van der Waals surface area contributed by atoms with Crippen LogP contribution in [-0.4, -0.2) is 16.2 Å². The topological polar surface area (TPSA) is 107 Å². The number of carboxylic acid groups (broad SMARTS) is 1. The Labute approximate surface area is 80.0 Å². The minimum atomic E-state index is -1.21. The number of nitrogens with two attached hydrogens (primary N) is 1. The van der Waals surface area contributed by atoms with Gasteiger partial charge in [-0.25, -0.2) is 4.79 Å². The zero-order chi connectivity index (χ0) is 10.7. The Kier molecular flexibility index (Phi) is 2.70. The molecule has 5 heteroatoms. The fraction of sp³-hybridized carbons (Fsp3) is 0.111. The average Bonchev–Trinajstić information content (AvgIpc) is 2.16. The Bertz CT molecular complexity index is 421. The molecule has 0 amide bonds. The second-order valence-corrected chi connectivity index (χ2v) is 2.65. The molecular formula is C9H8N2O3. The second-order valence-electron chi connectivity index (χ2n) is 2.65. The van der Waals surface area contributed by atoms with E-state index in [2.05, 4.69) is 0 Å². The van der Waals surface area contributed by atoms with Gasteiger partial charge in [0.25, 0.3) is 0 Å². The van der Waals surface area contributed by atoms with E-state index >= 15 is 0 Å². The Morgan fingerprint density at radius 3 is 2.64 bits per heavy atom. The van der Waals surface area contributed by atoms with E-state index in [1.165, 1.54) is 6.07 Å². The number of aromatic carboxylic acids is 1. The molecule has 0 saturated heterocycles. The van der Waals surface area contributed by atoms with Gasteiger partial charge in [-0.1, -0.05) is 0 Å². The van der Waals surface area contributed by atoms with Crippen LogP contribution in [0.15, 0.2) is 12.1 Å². The van der Waals surface area contributed by atoms with Gasteiger partial charge in [0.2, 0.25) is 0 Å². The van der Waals surface area contributed by atoms with Crippen molar-refractivity contribution in [2.75, 3.05) is 0 Å². The zero-order valence-corrected chi connectivity index (χ0v) is 7.19. The van der Waals surface area contributed by atoms with Crippen LogP contribution in [0.3, 0.4) is 0 Å². The third kappa shape index (κ3) is 1.65. The number of hydrogen-bond acceptors (Lipinski definition) is 4. The number of nitrogens with zero attached hydrogens (tertiary/aromatic N) is 1. The highest BCUT2D eigenvalue weighted by Gasteiger charge is 2.13. The van der Waals surface area contributed by atoms with E-state index in [4.69, 9.17) is 16.1 Å². The first-order valence-corrected chi connectivity index (χ1v) is 3.79. The predicted molar refractivity (Wildman–Crippen MR) is 47.7 cm³/mol. The molecule has 1 rings (SSSR count). The molecule has 0 aliphatic heterocycles. The van der Waals surface area contributed by atoms with E-state index in [0.717, 1.165) is 6.07 Å². The first kappa shape index (κ1) is 10.0. The highest BCUT2D eigenvalue weighted by Crippen LogP contribution is 2.21. The molecule has 0 saturated carbocycles. The third-order valence-electron chi connectivity index (χ3n) is 1.79. The van der Waals surface area contributed by atoms with Crippen LogP contribution in [0.2, 0.25) is 0 Å². The van der Waals surface area contributed by atoms with Crippen LogP contribution < -0.4 is 5.73 Å². The molecule has 72 valence electrons. The number of rotatable bonds is 2. The Balaban J connectivity index is 3.42. The Hall–Kier alpha value is -2.06. The number of aromatic hydroxyl groups is 1.